The van der Waals surface area contributed by atoms with Gasteiger partial charge in [0.15, 0.2) is 0 Å². The van der Waals surface area contributed by atoms with Crippen LogP contribution in [0, 0.1) is 11.6 Å². The fourth-order valence-electron chi connectivity index (χ4n) is 2.70. The van der Waals surface area contributed by atoms with Gasteiger partial charge in [-0.25, -0.2) is 8.78 Å². The number of ether oxygens (including phenoxy) is 1. The standard InChI is InChI=1S/C16H24F2N2O/c1-3-19-10-12-8-14(17)16(15(18)9-12)20(4-2)11-13-6-5-7-21-13/h8-9,13,19H,3-7,10-11H2,1-2H3. The van der Waals surface area contributed by atoms with Gasteiger partial charge >= 0.3 is 0 Å². The van der Waals surface area contributed by atoms with Gasteiger partial charge in [0.05, 0.1) is 6.10 Å². The first-order valence-corrected chi connectivity index (χ1v) is 7.70. The molecule has 0 aromatic heterocycles. The van der Waals surface area contributed by atoms with Crippen LogP contribution in [0.15, 0.2) is 12.1 Å². The van der Waals surface area contributed by atoms with Gasteiger partial charge in [-0.2, -0.15) is 0 Å². The molecule has 1 aliphatic heterocycles. The second-order valence-corrected chi connectivity index (χ2v) is 5.36. The maximum atomic E-state index is 14.3. The number of halogens is 2. The molecule has 1 unspecified atom stereocenters. The van der Waals surface area contributed by atoms with E-state index in [1.54, 1.807) is 4.90 Å². The maximum absolute atomic E-state index is 14.3. The van der Waals surface area contributed by atoms with Crippen molar-refractivity contribution >= 4 is 5.69 Å². The lowest BCUT2D eigenvalue weighted by atomic mass is 10.1. The number of hydrogen-bond acceptors (Lipinski definition) is 3. The van der Waals surface area contributed by atoms with Crippen molar-refractivity contribution in [1.82, 2.24) is 5.32 Å². The third-order valence-electron chi connectivity index (χ3n) is 3.80. The molecule has 1 aromatic rings. The first kappa shape index (κ1) is 16.2. The highest BCUT2D eigenvalue weighted by molar-refractivity contribution is 5.51. The van der Waals surface area contributed by atoms with Gasteiger partial charge in [-0.15, -0.1) is 0 Å². The molecule has 5 heteroatoms. The van der Waals surface area contributed by atoms with Crippen LogP contribution in [0.2, 0.25) is 0 Å². The molecule has 1 heterocycles. The van der Waals surface area contributed by atoms with E-state index in [1.807, 2.05) is 13.8 Å². The van der Waals surface area contributed by atoms with E-state index in [1.165, 1.54) is 12.1 Å². The Kier molecular flexibility index (Phi) is 5.94. The zero-order valence-electron chi connectivity index (χ0n) is 12.8. The summed E-state index contributed by atoms with van der Waals surface area (Å²) in [5.74, 6) is -0.995. The fraction of sp³-hybridized carbons (Fsp3) is 0.625. The van der Waals surface area contributed by atoms with E-state index in [-0.39, 0.29) is 11.8 Å². The predicted octanol–water partition coefficient (Wildman–Crippen LogP) is 3.08. The van der Waals surface area contributed by atoms with Crippen molar-refractivity contribution in [3.63, 3.8) is 0 Å². The Morgan fingerprint density at radius 1 is 1.29 bits per heavy atom. The molecule has 1 aromatic carbocycles. The average Bonchev–Trinajstić information content (AvgIpc) is 2.96. The molecule has 1 fully saturated rings. The number of hydrogen-bond donors (Lipinski definition) is 1. The van der Waals surface area contributed by atoms with E-state index in [2.05, 4.69) is 5.32 Å². The van der Waals surface area contributed by atoms with E-state index in [0.717, 1.165) is 26.0 Å². The number of benzene rings is 1. The van der Waals surface area contributed by atoms with Gasteiger partial charge in [-0.3, -0.25) is 0 Å². The van der Waals surface area contributed by atoms with Gasteiger partial charge in [0.1, 0.15) is 17.3 Å². The number of rotatable bonds is 7. The van der Waals surface area contributed by atoms with E-state index in [0.29, 0.717) is 25.2 Å². The molecule has 0 spiro atoms. The molecule has 0 saturated carbocycles. The molecule has 21 heavy (non-hydrogen) atoms. The summed E-state index contributed by atoms with van der Waals surface area (Å²) >= 11 is 0. The highest BCUT2D eigenvalue weighted by Gasteiger charge is 2.23. The topological polar surface area (TPSA) is 24.5 Å². The Bertz CT molecular complexity index is 439. The molecule has 1 atom stereocenters. The van der Waals surface area contributed by atoms with E-state index < -0.39 is 11.6 Å². The number of nitrogens with one attached hydrogen (secondary N) is 1. The SMILES string of the molecule is CCNCc1cc(F)c(N(CC)CC2CCCO2)c(F)c1. The van der Waals surface area contributed by atoms with Crippen LogP contribution in [-0.4, -0.2) is 32.3 Å². The Morgan fingerprint density at radius 2 is 2.00 bits per heavy atom. The first-order chi connectivity index (χ1) is 10.2. The van der Waals surface area contributed by atoms with Crippen LogP contribution in [0.3, 0.4) is 0 Å². The summed E-state index contributed by atoms with van der Waals surface area (Å²) in [6, 6.07) is 2.83. The molecule has 1 aliphatic rings. The van der Waals surface area contributed by atoms with Crippen LogP contribution >= 0.6 is 0 Å². The van der Waals surface area contributed by atoms with Crippen molar-refractivity contribution in [1.29, 1.82) is 0 Å². The summed E-state index contributed by atoms with van der Waals surface area (Å²) in [6.45, 7) is 6.95. The lowest BCUT2D eigenvalue weighted by Crippen LogP contribution is -2.33. The molecule has 2 rings (SSSR count). The minimum Gasteiger partial charge on any atom is -0.376 e. The van der Waals surface area contributed by atoms with Crippen molar-refractivity contribution in [2.75, 3.05) is 31.1 Å². The van der Waals surface area contributed by atoms with Gasteiger partial charge in [0.25, 0.3) is 0 Å². The maximum Gasteiger partial charge on any atom is 0.149 e. The van der Waals surface area contributed by atoms with Gasteiger partial charge in [-0.1, -0.05) is 6.92 Å². The van der Waals surface area contributed by atoms with Gasteiger partial charge in [0, 0.05) is 26.2 Å². The quantitative estimate of drug-likeness (QED) is 0.837. The van der Waals surface area contributed by atoms with Crippen LogP contribution in [0.5, 0.6) is 0 Å². The molecular formula is C16H24F2N2O. The number of nitrogens with zero attached hydrogens (tertiary/aromatic N) is 1. The molecule has 0 amide bonds. The Labute approximate surface area is 125 Å². The minimum atomic E-state index is -0.497. The zero-order chi connectivity index (χ0) is 15.2. The van der Waals surface area contributed by atoms with Crippen LogP contribution in [0.1, 0.15) is 32.3 Å². The lowest BCUT2D eigenvalue weighted by molar-refractivity contribution is 0.115. The predicted molar refractivity (Wildman–Crippen MR) is 80.6 cm³/mol. The largest absolute Gasteiger partial charge is 0.376 e. The van der Waals surface area contributed by atoms with Gasteiger partial charge in [-0.05, 0) is 44.0 Å². The van der Waals surface area contributed by atoms with Crippen molar-refractivity contribution in [3.8, 4) is 0 Å². The molecule has 1 saturated heterocycles. The monoisotopic (exact) mass is 298 g/mol. The summed E-state index contributed by atoms with van der Waals surface area (Å²) in [5.41, 5.74) is 0.692. The Hall–Kier alpha value is -1.20. The number of likely N-dealkylation sites (N-methyl/N-ethyl adjacent to an activating group) is 1. The molecule has 3 nitrogen and oxygen atoms in total. The van der Waals surface area contributed by atoms with Crippen LogP contribution in [0.25, 0.3) is 0 Å². The molecule has 118 valence electrons. The third-order valence-corrected chi connectivity index (χ3v) is 3.80. The van der Waals surface area contributed by atoms with E-state index >= 15 is 0 Å². The Balaban J connectivity index is 2.15. The molecule has 0 aliphatic carbocycles. The fourth-order valence-corrected chi connectivity index (χ4v) is 2.70. The summed E-state index contributed by atoms with van der Waals surface area (Å²) in [6.07, 6.45) is 2.05. The third kappa shape index (κ3) is 4.14. The van der Waals surface area contributed by atoms with Crippen molar-refractivity contribution < 1.29 is 13.5 Å². The smallest absolute Gasteiger partial charge is 0.149 e. The van der Waals surface area contributed by atoms with Gasteiger partial charge in [0.2, 0.25) is 0 Å². The average molecular weight is 298 g/mol. The molecule has 1 N–H and O–H groups in total. The van der Waals surface area contributed by atoms with Crippen LogP contribution < -0.4 is 10.2 Å². The Morgan fingerprint density at radius 3 is 2.52 bits per heavy atom. The molecular weight excluding hydrogens is 274 g/mol. The van der Waals surface area contributed by atoms with E-state index in [4.69, 9.17) is 4.74 Å². The highest BCUT2D eigenvalue weighted by atomic mass is 19.1. The molecule has 0 radical (unpaired) electrons. The van der Waals surface area contributed by atoms with Crippen molar-refractivity contribution in [3.05, 3.63) is 29.3 Å². The van der Waals surface area contributed by atoms with Crippen LogP contribution in [0.4, 0.5) is 14.5 Å². The number of anilines is 1. The summed E-state index contributed by atoms with van der Waals surface area (Å²) in [7, 11) is 0. The molecule has 0 bridgehead atoms. The van der Waals surface area contributed by atoms with Crippen molar-refractivity contribution in [2.45, 2.75) is 39.3 Å². The summed E-state index contributed by atoms with van der Waals surface area (Å²) in [4.78, 5) is 1.73. The summed E-state index contributed by atoms with van der Waals surface area (Å²) in [5, 5.41) is 3.07. The van der Waals surface area contributed by atoms with Crippen molar-refractivity contribution in [2.24, 2.45) is 0 Å². The van der Waals surface area contributed by atoms with Gasteiger partial charge < -0.3 is 15.0 Å². The van der Waals surface area contributed by atoms with E-state index in [9.17, 15) is 8.78 Å². The van der Waals surface area contributed by atoms with Crippen LogP contribution in [-0.2, 0) is 11.3 Å². The second kappa shape index (κ2) is 7.71. The first-order valence-electron chi connectivity index (χ1n) is 7.70. The highest BCUT2D eigenvalue weighted by Crippen LogP contribution is 2.26. The normalized spacial score (nSPS) is 18.2. The summed E-state index contributed by atoms with van der Waals surface area (Å²) < 4.78 is 34.2. The minimum absolute atomic E-state index is 0.0632. The lowest BCUT2D eigenvalue weighted by Gasteiger charge is -2.27. The second-order valence-electron chi connectivity index (χ2n) is 5.36. The zero-order valence-corrected chi connectivity index (χ0v) is 12.8.